The molecule has 1 amide bonds. The highest BCUT2D eigenvalue weighted by Gasteiger charge is 2.33. The molecule has 0 bridgehead atoms. The molecule has 0 fully saturated rings. The van der Waals surface area contributed by atoms with E-state index in [1.807, 2.05) is 53.4 Å². The van der Waals surface area contributed by atoms with E-state index in [9.17, 15) is 9.59 Å². The number of para-hydroxylation sites is 1. The maximum atomic E-state index is 13.6. The summed E-state index contributed by atoms with van der Waals surface area (Å²) in [6.07, 6.45) is 2.13. The van der Waals surface area contributed by atoms with E-state index >= 15 is 0 Å². The Bertz CT molecular complexity index is 1410. The van der Waals surface area contributed by atoms with Crippen LogP contribution in [0.5, 0.6) is 11.5 Å². The van der Waals surface area contributed by atoms with E-state index in [-0.39, 0.29) is 24.1 Å². The molecule has 0 saturated carbocycles. The summed E-state index contributed by atoms with van der Waals surface area (Å²) in [6, 6.07) is 20.7. The van der Waals surface area contributed by atoms with Crippen molar-refractivity contribution in [2.75, 3.05) is 20.8 Å². The van der Waals surface area contributed by atoms with Crippen LogP contribution in [0, 0.1) is 0 Å². The van der Waals surface area contributed by atoms with E-state index in [1.165, 1.54) is 10.9 Å². The number of carbonyl (C=O) groups excluding carboxylic acids is 1. The number of carbonyl (C=O) groups is 1. The molecule has 3 aromatic carbocycles. The van der Waals surface area contributed by atoms with Crippen molar-refractivity contribution in [1.82, 2.24) is 14.5 Å². The first-order valence-electron chi connectivity index (χ1n) is 11.1. The summed E-state index contributed by atoms with van der Waals surface area (Å²) >= 11 is 0. The minimum atomic E-state index is -0.304. The molecule has 1 aliphatic heterocycles. The van der Waals surface area contributed by atoms with Crippen molar-refractivity contribution >= 4 is 16.8 Å². The number of hydrogen-bond acceptors (Lipinski definition) is 5. The third-order valence-electron chi connectivity index (χ3n) is 6.35. The molecule has 0 spiro atoms. The molecule has 1 unspecified atom stereocenters. The molecule has 172 valence electrons. The first-order valence-corrected chi connectivity index (χ1v) is 11.1. The van der Waals surface area contributed by atoms with Crippen LogP contribution in [0.4, 0.5) is 0 Å². The van der Waals surface area contributed by atoms with Crippen LogP contribution in [0.2, 0.25) is 0 Å². The van der Waals surface area contributed by atoms with Crippen LogP contribution in [0.1, 0.15) is 22.7 Å². The maximum Gasteiger partial charge on any atom is 0.261 e. The van der Waals surface area contributed by atoms with E-state index in [0.29, 0.717) is 35.4 Å². The summed E-state index contributed by atoms with van der Waals surface area (Å²) < 4.78 is 12.4. The van der Waals surface area contributed by atoms with E-state index in [4.69, 9.17) is 9.47 Å². The van der Waals surface area contributed by atoms with Gasteiger partial charge in [0.2, 0.25) is 5.91 Å². The quantitative estimate of drug-likeness (QED) is 0.460. The van der Waals surface area contributed by atoms with Gasteiger partial charge in [0.05, 0.1) is 37.5 Å². The summed E-state index contributed by atoms with van der Waals surface area (Å²) in [4.78, 5) is 32.8. The Labute approximate surface area is 197 Å². The van der Waals surface area contributed by atoms with Crippen LogP contribution in [0.15, 0.2) is 77.9 Å². The van der Waals surface area contributed by atoms with Gasteiger partial charge in [0, 0.05) is 6.54 Å². The average Bonchev–Trinajstić information content (AvgIpc) is 2.89. The van der Waals surface area contributed by atoms with Gasteiger partial charge in [0.25, 0.3) is 5.56 Å². The van der Waals surface area contributed by atoms with E-state index in [2.05, 4.69) is 4.98 Å². The molecule has 5 rings (SSSR count). The fourth-order valence-corrected chi connectivity index (χ4v) is 4.66. The highest BCUT2D eigenvalue weighted by Crippen LogP contribution is 2.41. The highest BCUT2D eigenvalue weighted by atomic mass is 16.5. The van der Waals surface area contributed by atoms with Gasteiger partial charge in [0.15, 0.2) is 11.5 Å². The molecule has 0 radical (unpaired) electrons. The lowest BCUT2D eigenvalue weighted by Gasteiger charge is -2.38. The van der Waals surface area contributed by atoms with Crippen molar-refractivity contribution in [2.24, 2.45) is 0 Å². The fourth-order valence-electron chi connectivity index (χ4n) is 4.66. The van der Waals surface area contributed by atoms with Gasteiger partial charge >= 0.3 is 0 Å². The zero-order valence-corrected chi connectivity index (χ0v) is 19.1. The van der Waals surface area contributed by atoms with Crippen molar-refractivity contribution in [1.29, 1.82) is 0 Å². The molecule has 0 saturated heterocycles. The van der Waals surface area contributed by atoms with Gasteiger partial charge in [-0.15, -0.1) is 0 Å². The van der Waals surface area contributed by atoms with Crippen LogP contribution in [0.25, 0.3) is 10.9 Å². The number of benzene rings is 3. The third kappa shape index (κ3) is 3.79. The number of rotatable bonds is 5. The lowest BCUT2D eigenvalue weighted by Crippen LogP contribution is -2.43. The Hall–Kier alpha value is -4.13. The van der Waals surface area contributed by atoms with Crippen molar-refractivity contribution < 1.29 is 14.3 Å². The van der Waals surface area contributed by atoms with Gasteiger partial charge in [-0.25, -0.2) is 4.98 Å². The van der Waals surface area contributed by atoms with E-state index < -0.39 is 0 Å². The Balaban J connectivity index is 1.55. The van der Waals surface area contributed by atoms with Crippen LogP contribution < -0.4 is 15.0 Å². The Morgan fingerprint density at radius 2 is 1.71 bits per heavy atom. The molecule has 1 aromatic heterocycles. The molecule has 0 N–H and O–H groups in total. The number of hydrogen-bond donors (Lipinski definition) is 0. The predicted octanol–water partition coefficient (Wildman–Crippen LogP) is 3.59. The number of nitrogens with zero attached hydrogens (tertiary/aromatic N) is 3. The van der Waals surface area contributed by atoms with Gasteiger partial charge < -0.3 is 14.4 Å². The molecule has 7 nitrogen and oxygen atoms in total. The van der Waals surface area contributed by atoms with Crippen molar-refractivity contribution in [3.63, 3.8) is 0 Å². The van der Waals surface area contributed by atoms with Crippen molar-refractivity contribution in [2.45, 2.75) is 19.0 Å². The van der Waals surface area contributed by atoms with Crippen LogP contribution in [0.3, 0.4) is 0 Å². The normalized spacial score (nSPS) is 15.1. The summed E-state index contributed by atoms with van der Waals surface area (Å²) in [5.74, 6) is 1.14. The second-order valence-electron chi connectivity index (χ2n) is 8.25. The zero-order chi connectivity index (χ0) is 23.7. The van der Waals surface area contributed by atoms with Crippen LogP contribution in [-0.4, -0.2) is 41.1 Å². The maximum absolute atomic E-state index is 13.6. The zero-order valence-electron chi connectivity index (χ0n) is 19.1. The molecule has 4 aromatic rings. The van der Waals surface area contributed by atoms with Gasteiger partial charge in [-0.1, -0.05) is 42.5 Å². The first-order chi connectivity index (χ1) is 16.6. The number of aromatic nitrogens is 2. The minimum absolute atomic E-state index is 0.0807. The lowest BCUT2D eigenvalue weighted by atomic mass is 9.87. The largest absolute Gasteiger partial charge is 0.493 e. The van der Waals surface area contributed by atoms with Gasteiger partial charge in [-0.2, -0.15) is 0 Å². The molecule has 1 atom stereocenters. The smallest absolute Gasteiger partial charge is 0.261 e. The number of amides is 1. The SMILES string of the molecule is COc1cc2c(cc1OC)C(c1ccccc1)N(C(=O)Cn1cnc3ccccc3c1=O)CC2. The number of fused-ring (bicyclic) bond motifs is 2. The Morgan fingerprint density at radius 3 is 2.47 bits per heavy atom. The molecule has 7 heteroatoms. The van der Waals surface area contributed by atoms with Gasteiger partial charge in [0.1, 0.15) is 6.54 Å². The number of methoxy groups -OCH3 is 2. The van der Waals surface area contributed by atoms with E-state index in [1.54, 1.807) is 32.4 Å². The van der Waals surface area contributed by atoms with Crippen LogP contribution in [-0.2, 0) is 17.8 Å². The van der Waals surface area contributed by atoms with E-state index in [0.717, 1.165) is 16.7 Å². The second kappa shape index (κ2) is 9.02. The van der Waals surface area contributed by atoms with Gasteiger partial charge in [-0.3, -0.25) is 14.2 Å². The summed E-state index contributed by atoms with van der Waals surface area (Å²) in [5.41, 5.74) is 3.49. The predicted molar refractivity (Wildman–Crippen MR) is 129 cm³/mol. The standard InChI is InChI=1S/C27H25N3O4/c1-33-23-14-19-12-13-30(26(18-8-4-3-5-9-18)21(19)15-24(23)34-2)25(31)16-29-17-28-22-11-7-6-10-20(22)27(29)32/h3-11,14-15,17,26H,12-13,16H2,1-2H3. The van der Waals surface area contributed by atoms with Gasteiger partial charge in [-0.05, 0) is 47.4 Å². The monoisotopic (exact) mass is 455 g/mol. The topological polar surface area (TPSA) is 73.7 Å². The molecule has 2 heterocycles. The molecular weight excluding hydrogens is 430 g/mol. The molecular formula is C27H25N3O4. The lowest BCUT2D eigenvalue weighted by molar-refractivity contribution is -0.134. The number of ether oxygens (including phenoxy) is 2. The van der Waals surface area contributed by atoms with Crippen molar-refractivity contribution in [3.8, 4) is 11.5 Å². The average molecular weight is 456 g/mol. The summed E-state index contributed by atoms with van der Waals surface area (Å²) in [7, 11) is 3.22. The highest BCUT2D eigenvalue weighted by molar-refractivity contribution is 5.80. The molecule has 0 aliphatic carbocycles. The molecule has 34 heavy (non-hydrogen) atoms. The Kier molecular flexibility index (Phi) is 5.76. The second-order valence-corrected chi connectivity index (χ2v) is 8.25. The third-order valence-corrected chi connectivity index (χ3v) is 6.35. The summed E-state index contributed by atoms with van der Waals surface area (Å²) in [5, 5.41) is 0.498. The van der Waals surface area contributed by atoms with Crippen molar-refractivity contribution in [3.05, 3.63) is 100 Å². The van der Waals surface area contributed by atoms with Crippen LogP contribution >= 0.6 is 0 Å². The fraction of sp³-hybridized carbons (Fsp3) is 0.222. The molecule has 1 aliphatic rings. The summed E-state index contributed by atoms with van der Waals surface area (Å²) in [6.45, 7) is 0.444. The first kappa shape index (κ1) is 21.7. The Morgan fingerprint density at radius 1 is 1.00 bits per heavy atom. The minimum Gasteiger partial charge on any atom is -0.493 e.